The Labute approximate surface area is 124 Å². The van der Waals surface area contributed by atoms with Gasteiger partial charge in [-0.05, 0) is 42.2 Å². The molecule has 3 nitrogen and oxygen atoms in total. The van der Waals surface area contributed by atoms with E-state index in [2.05, 4.69) is 9.88 Å². The molecule has 1 heterocycles. The molecule has 110 valence electrons. The Balaban J connectivity index is 1.66. The number of benzene rings is 1. The minimum absolute atomic E-state index is 0.277. The number of pyridine rings is 1. The highest BCUT2D eigenvalue weighted by molar-refractivity contribution is 5.19. The Morgan fingerprint density at radius 2 is 2.00 bits per heavy atom. The van der Waals surface area contributed by atoms with E-state index in [1.165, 1.54) is 25.0 Å². The summed E-state index contributed by atoms with van der Waals surface area (Å²) < 4.78 is 12.9. The monoisotopic (exact) mass is 286 g/mol. The van der Waals surface area contributed by atoms with Crippen molar-refractivity contribution in [3.63, 3.8) is 0 Å². The third-order valence-corrected chi connectivity index (χ3v) is 3.83. The molecule has 2 aromatic rings. The van der Waals surface area contributed by atoms with Crippen molar-refractivity contribution in [3.05, 3.63) is 65.7 Å². The van der Waals surface area contributed by atoms with Gasteiger partial charge in [0.1, 0.15) is 5.82 Å². The molecule has 4 heteroatoms. The SMILES string of the molecule is O[C@@H](CN(Cc1cccnc1)C1CC1)c1ccc(F)cc1. The van der Waals surface area contributed by atoms with Crippen LogP contribution >= 0.6 is 0 Å². The number of aromatic nitrogens is 1. The molecule has 1 aromatic carbocycles. The fraction of sp³-hybridized carbons (Fsp3) is 0.353. The van der Waals surface area contributed by atoms with Crippen LogP contribution in [-0.2, 0) is 6.54 Å². The van der Waals surface area contributed by atoms with E-state index in [0.717, 1.165) is 17.7 Å². The first-order valence-electron chi connectivity index (χ1n) is 7.29. The second kappa shape index (κ2) is 6.33. The Morgan fingerprint density at radius 3 is 2.62 bits per heavy atom. The maximum atomic E-state index is 12.9. The lowest BCUT2D eigenvalue weighted by molar-refractivity contribution is 0.104. The van der Waals surface area contributed by atoms with Crippen molar-refractivity contribution >= 4 is 0 Å². The largest absolute Gasteiger partial charge is 0.387 e. The van der Waals surface area contributed by atoms with Crippen molar-refractivity contribution in [1.29, 1.82) is 0 Å². The third-order valence-electron chi connectivity index (χ3n) is 3.83. The summed E-state index contributed by atoms with van der Waals surface area (Å²) in [6.45, 7) is 1.35. The highest BCUT2D eigenvalue weighted by atomic mass is 19.1. The number of aliphatic hydroxyl groups excluding tert-OH is 1. The van der Waals surface area contributed by atoms with E-state index in [4.69, 9.17) is 0 Å². The molecular formula is C17H19FN2O. The van der Waals surface area contributed by atoms with Gasteiger partial charge in [-0.25, -0.2) is 4.39 Å². The first kappa shape index (κ1) is 14.2. The number of rotatable bonds is 6. The first-order valence-corrected chi connectivity index (χ1v) is 7.29. The molecule has 0 saturated heterocycles. The Hall–Kier alpha value is -1.78. The molecule has 1 atom stereocenters. The molecule has 1 aliphatic carbocycles. The average molecular weight is 286 g/mol. The van der Waals surface area contributed by atoms with Gasteiger partial charge in [0.25, 0.3) is 0 Å². The Bertz CT molecular complexity index is 569. The summed E-state index contributed by atoms with van der Waals surface area (Å²) in [5, 5.41) is 10.4. The zero-order valence-electron chi connectivity index (χ0n) is 11.8. The van der Waals surface area contributed by atoms with Gasteiger partial charge in [-0.3, -0.25) is 9.88 Å². The molecule has 1 saturated carbocycles. The first-order chi connectivity index (χ1) is 10.2. The fourth-order valence-corrected chi connectivity index (χ4v) is 2.52. The predicted molar refractivity (Wildman–Crippen MR) is 79.0 cm³/mol. The summed E-state index contributed by atoms with van der Waals surface area (Å²) in [4.78, 5) is 6.42. The topological polar surface area (TPSA) is 36.4 Å². The van der Waals surface area contributed by atoms with Crippen LogP contribution in [0.4, 0.5) is 4.39 Å². The van der Waals surface area contributed by atoms with Gasteiger partial charge >= 0.3 is 0 Å². The molecule has 1 aromatic heterocycles. The zero-order valence-corrected chi connectivity index (χ0v) is 11.8. The van der Waals surface area contributed by atoms with Crippen molar-refractivity contribution < 1.29 is 9.50 Å². The molecule has 1 aliphatic rings. The van der Waals surface area contributed by atoms with Gasteiger partial charge in [-0.15, -0.1) is 0 Å². The van der Waals surface area contributed by atoms with Crippen molar-refractivity contribution in [1.82, 2.24) is 9.88 Å². The molecule has 0 aliphatic heterocycles. The van der Waals surface area contributed by atoms with Crippen LogP contribution < -0.4 is 0 Å². The van der Waals surface area contributed by atoms with Crippen LogP contribution in [-0.4, -0.2) is 27.6 Å². The summed E-state index contributed by atoms with van der Waals surface area (Å²) in [6, 6.07) is 10.6. The standard InChI is InChI=1S/C17H19FN2O/c18-15-5-3-14(4-6-15)17(21)12-20(16-7-8-16)11-13-2-1-9-19-10-13/h1-6,9-10,16-17,21H,7-8,11-12H2/t17-/m0/s1. The van der Waals surface area contributed by atoms with Gasteiger partial charge in [-0.2, -0.15) is 0 Å². The molecule has 0 radical (unpaired) electrons. The molecule has 0 unspecified atom stereocenters. The number of nitrogens with zero attached hydrogens (tertiary/aromatic N) is 2. The van der Waals surface area contributed by atoms with Crippen LogP contribution in [0.15, 0.2) is 48.8 Å². The van der Waals surface area contributed by atoms with Crippen LogP contribution in [0.2, 0.25) is 0 Å². The summed E-state index contributed by atoms with van der Waals surface area (Å²) in [7, 11) is 0. The van der Waals surface area contributed by atoms with E-state index in [9.17, 15) is 9.50 Å². The van der Waals surface area contributed by atoms with Gasteiger partial charge in [-0.1, -0.05) is 18.2 Å². The lowest BCUT2D eigenvalue weighted by Gasteiger charge is -2.25. The molecule has 1 fully saturated rings. The smallest absolute Gasteiger partial charge is 0.123 e. The van der Waals surface area contributed by atoms with Crippen LogP contribution in [0.25, 0.3) is 0 Å². The maximum absolute atomic E-state index is 12.9. The molecular weight excluding hydrogens is 267 g/mol. The average Bonchev–Trinajstić information content (AvgIpc) is 3.33. The summed E-state index contributed by atoms with van der Waals surface area (Å²) >= 11 is 0. The van der Waals surface area contributed by atoms with Crippen molar-refractivity contribution in [3.8, 4) is 0 Å². The molecule has 0 amide bonds. The van der Waals surface area contributed by atoms with Crippen LogP contribution in [0.3, 0.4) is 0 Å². The molecule has 0 spiro atoms. The predicted octanol–water partition coefficient (Wildman–Crippen LogP) is 2.92. The number of halogens is 1. The minimum Gasteiger partial charge on any atom is -0.387 e. The van der Waals surface area contributed by atoms with Crippen LogP contribution in [0, 0.1) is 5.82 Å². The van der Waals surface area contributed by atoms with E-state index >= 15 is 0 Å². The van der Waals surface area contributed by atoms with Crippen molar-refractivity contribution in [2.75, 3.05) is 6.54 Å². The normalized spacial score (nSPS) is 16.1. The Morgan fingerprint density at radius 1 is 1.24 bits per heavy atom. The lowest BCUT2D eigenvalue weighted by atomic mass is 10.1. The third kappa shape index (κ3) is 3.86. The number of hydrogen-bond acceptors (Lipinski definition) is 3. The molecule has 3 rings (SSSR count). The van der Waals surface area contributed by atoms with Gasteiger partial charge in [0.15, 0.2) is 0 Å². The van der Waals surface area contributed by atoms with Crippen LogP contribution in [0.5, 0.6) is 0 Å². The van der Waals surface area contributed by atoms with Crippen molar-refractivity contribution in [2.45, 2.75) is 31.5 Å². The fourth-order valence-electron chi connectivity index (χ4n) is 2.52. The van der Waals surface area contributed by atoms with E-state index in [1.54, 1.807) is 18.3 Å². The Kier molecular flexibility index (Phi) is 4.27. The highest BCUT2D eigenvalue weighted by Crippen LogP contribution is 2.30. The molecule has 21 heavy (non-hydrogen) atoms. The van der Waals surface area contributed by atoms with E-state index in [-0.39, 0.29) is 5.82 Å². The molecule has 1 N–H and O–H groups in total. The quantitative estimate of drug-likeness (QED) is 0.887. The summed E-state index contributed by atoms with van der Waals surface area (Å²) in [5.41, 5.74) is 1.91. The zero-order chi connectivity index (χ0) is 14.7. The molecule has 0 bridgehead atoms. The minimum atomic E-state index is -0.595. The number of hydrogen-bond donors (Lipinski definition) is 1. The second-order valence-electron chi connectivity index (χ2n) is 5.59. The highest BCUT2D eigenvalue weighted by Gasteiger charge is 2.30. The van der Waals surface area contributed by atoms with E-state index < -0.39 is 6.10 Å². The summed E-state index contributed by atoms with van der Waals surface area (Å²) in [5.74, 6) is -0.277. The number of aliphatic hydroxyl groups is 1. The lowest BCUT2D eigenvalue weighted by Crippen LogP contribution is -2.30. The van der Waals surface area contributed by atoms with Crippen LogP contribution in [0.1, 0.15) is 30.1 Å². The van der Waals surface area contributed by atoms with Gasteiger partial charge in [0, 0.05) is 31.5 Å². The van der Waals surface area contributed by atoms with Gasteiger partial charge in [0.05, 0.1) is 6.10 Å². The van der Waals surface area contributed by atoms with E-state index in [0.29, 0.717) is 12.6 Å². The second-order valence-corrected chi connectivity index (χ2v) is 5.59. The van der Waals surface area contributed by atoms with Crippen molar-refractivity contribution in [2.24, 2.45) is 0 Å². The van der Waals surface area contributed by atoms with Gasteiger partial charge in [0.2, 0.25) is 0 Å². The van der Waals surface area contributed by atoms with Gasteiger partial charge < -0.3 is 5.11 Å². The van der Waals surface area contributed by atoms with E-state index in [1.807, 2.05) is 18.3 Å². The maximum Gasteiger partial charge on any atom is 0.123 e. The summed E-state index contributed by atoms with van der Waals surface area (Å²) in [6.07, 6.45) is 5.38.